The van der Waals surface area contributed by atoms with Crippen LogP contribution >= 0.6 is 24.0 Å². The quantitative estimate of drug-likeness (QED) is 0.429. The fourth-order valence-electron chi connectivity index (χ4n) is 2.09. The van der Waals surface area contributed by atoms with Crippen molar-refractivity contribution in [3.05, 3.63) is 59.6 Å². The van der Waals surface area contributed by atoms with E-state index in [2.05, 4.69) is 15.6 Å². The summed E-state index contributed by atoms with van der Waals surface area (Å²) in [5, 5.41) is 6.19. The first-order valence-corrected chi connectivity index (χ1v) is 7.04. The van der Waals surface area contributed by atoms with Gasteiger partial charge in [0.25, 0.3) is 0 Å². The number of nitrogens with one attached hydrogen (secondary N) is 2. The molecule has 1 aromatic carbocycles. The largest absolute Gasteiger partial charge is 0.469 e. The zero-order valence-corrected chi connectivity index (χ0v) is 15.3. The number of halogens is 3. The Kier molecular flexibility index (Phi) is 8.01. The van der Waals surface area contributed by atoms with Gasteiger partial charge in [0, 0.05) is 31.6 Å². The molecule has 23 heavy (non-hydrogen) atoms. The van der Waals surface area contributed by atoms with Crippen molar-refractivity contribution in [2.45, 2.75) is 19.4 Å². The highest BCUT2D eigenvalue weighted by Crippen LogP contribution is 2.17. The molecule has 0 aliphatic carbocycles. The Hall–Kier alpha value is -1.64. The van der Waals surface area contributed by atoms with E-state index in [-0.39, 0.29) is 30.0 Å². The van der Waals surface area contributed by atoms with E-state index in [0.717, 1.165) is 11.8 Å². The average molecular weight is 435 g/mol. The molecule has 0 amide bonds. The van der Waals surface area contributed by atoms with E-state index in [4.69, 9.17) is 4.42 Å². The molecule has 0 spiro atoms. The molecule has 0 radical (unpaired) electrons. The molecule has 2 rings (SSSR count). The van der Waals surface area contributed by atoms with Crippen molar-refractivity contribution in [3.63, 3.8) is 0 Å². The van der Waals surface area contributed by atoms with Crippen LogP contribution in [0.1, 0.15) is 24.3 Å². The molecule has 0 aliphatic heterocycles. The van der Waals surface area contributed by atoms with Gasteiger partial charge in [-0.1, -0.05) is 6.07 Å². The summed E-state index contributed by atoms with van der Waals surface area (Å²) < 4.78 is 31.9. The van der Waals surface area contributed by atoms with Crippen molar-refractivity contribution in [3.8, 4) is 0 Å². The van der Waals surface area contributed by atoms with E-state index in [1.54, 1.807) is 20.2 Å². The van der Waals surface area contributed by atoms with Gasteiger partial charge in [-0.25, -0.2) is 8.78 Å². The Morgan fingerprint density at radius 1 is 1.30 bits per heavy atom. The molecule has 7 heteroatoms. The number of aliphatic imine (C=N–C) groups is 1. The van der Waals surface area contributed by atoms with Crippen LogP contribution in [-0.2, 0) is 6.42 Å². The van der Waals surface area contributed by atoms with Crippen LogP contribution in [0.25, 0.3) is 0 Å². The fourth-order valence-corrected chi connectivity index (χ4v) is 2.09. The topological polar surface area (TPSA) is 49.6 Å². The van der Waals surface area contributed by atoms with Gasteiger partial charge in [-0.05, 0) is 25.1 Å². The van der Waals surface area contributed by atoms with Crippen LogP contribution in [0.2, 0.25) is 0 Å². The first-order chi connectivity index (χ1) is 10.6. The summed E-state index contributed by atoms with van der Waals surface area (Å²) in [7, 11) is 1.63. The molecule has 0 bridgehead atoms. The minimum absolute atomic E-state index is 0. The molecule has 4 nitrogen and oxygen atoms in total. The van der Waals surface area contributed by atoms with Gasteiger partial charge < -0.3 is 15.1 Å². The van der Waals surface area contributed by atoms with Crippen LogP contribution in [0.5, 0.6) is 0 Å². The van der Waals surface area contributed by atoms with Gasteiger partial charge in [0.05, 0.1) is 12.3 Å². The van der Waals surface area contributed by atoms with Crippen LogP contribution in [0.4, 0.5) is 8.78 Å². The molecule has 2 aromatic rings. The van der Waals surface area contributed by atoms with Crippen molar-refractivity contribution in [2.24, 2.45) is 4.99 Å². The normalized spacial score (nSPS) is 12.4. The lowest BCUT2D eigenvalue weighted by molar-refractivity contribution is 0.506. The summed E-state index contributed by atoms with van der Waals surface area (Å²) in [6.45, 7) is 2.42. The Labute approximate surface area is 151 Å². The zero-order chi connectivity index (χ0) is 15.9. The van der Waals surface area contributed by atoms with Gasteiger partial charge in [0.15, 0.2) is 5.96 Å². The molecule has 1 unspecified atom stereocenters. The molecule has 1 atom stereocenters. The summed E-state index contributed by atoms with van der Waals surface area (Å²) in [4.78, 5) is 4.09. The minimum atomic E-state index is -0.589. The van der Waals surface area contributed by atoms with Crippen LogP contribution in [-0.4, -0.2) is 19.6 Å². The molecular formula is C16H20F2IN3O. The van der Waals surface area contributed by atoms with Crippen LogP contribution in [0, 0.1) is 11.6 Å². The highest BCUT2D eigenvalue weighted by Gasteiger charge is 2.13. The van der Waals surface area contributed by atoms with E-state index in [1.807, 2.05) is 12.1 Å². The van der Waals surface area contributed by atoms with Gasteiger partial charge in [-0.2, -0.15) is 0 Å². The van der Waals surface area contributed by atoms with Gasteiger partial charge in [0.1, 0.15) is 17.4 Å². The lowest BCUT2D eigenvalue weighted by Crippen LogP contribution is -2.39. The van der Waals surface area contributed by atoms with Crippen molar-refractivity contribution in [2.75, 3.05) is 13.6 Å². The number of guanidine groups is 1. The summed E-state index contributed by atoms with van der Waals surface area (Å²) in [6, 6.07) is 6.94. The average Bonchev–Trinajstić information content (AvgIpc) is 2.99. The monoisotopic (exact) mass is 435 g/mol. The maximum atomic E-state index is 13.7. The van der Waals surface area contributed by atoms with E-state index < -0.39 is 11.6 Å². The van der Waals surface area contributed by atoms with Gasteiger partial charge in [0.2, 0.25) is 0 Å². The van der Waals surface area contributed by atoms with Crippen LogP contribution in [0.3, 0.4) is 0 Å². The SMILES string of the molecule is CN=C(NCCc1ccco1)NC(C)c1ccc(F)cc1F.I. The summed E-state index contributed by atoms with van der Waals surface area (Å²) in [6.07, 6.45) is 2.34. The minimum Gasteiger partial charge on any atom is -0.469 e. The van der Waals surface area contributed by atoms with Crippen molar-refractivity contribution >= 4 is 29.9 Å². The molecule has 0 saturated heterocycles. The number of rotatable bonds is 5. The fraction of sp³-hybridized carbons (Fsp3) is 0.312. The summed E-state index contributed by atoms with van der Waals surface area (Å²) in [5.41, 5.74) is 0.385. The molecule has 0 fully saturated rings. The number of benzene rings is 1. The first-order valence-electron chi connectivity index (χ1n) is 7.04. The van der Waals surface area contributed by atoms with E-state index in [1.165, 1.54) is 12.1 Å². The van der Waals surface area contributed by atoms with E-state index in [0.29, 0.717) is 24.5 Å². The van der Waals surface area contributed by atoms with Gasteiger partial charge in [-0.3, -0.25) is 4.99 Å². The van der Waals surface area contributed by atoms with E-state index in [9.17, 15) is 8.78 Å². The second-order valence-corrected chi connectivity index (χ2v) is 4.86. The molecular weight excluding hydrogens is 415 g/mol. The number of hydrogen-bond donors (Lipinski definition) is 2. The predicted octanol–water partition coefficient (Wildman–Crippen LogP) is 3.64. The standard InChI is InChI=1S/C16H19F2N3O.HI/c1-11(14-6-5-12(17)10-15(14)18)21-16(19-2)20-8-7-13-4-3-9-22-13;/h3-6,9-11H,7-8H2,1-2H3,(H2,19,20,21);1H. The second kappa shape index (κ2) is 9.49. The van der Waals surface area contributed by atoms with Crippen LogP contribution < -0.4 is 10.6 Å². The van der Waals surface area contributed by atoms with Crippen molar-refractivity contribution < 1.29 is 13.2 Å². The highest BCUT2D eigenvalue weighted by molar-refractivity contribution is 14.0. The zero-order valence-electron chi connectivity index (χ0n) is 13.0. The van der Waals surface area contributed by atoms with Crippen molar-refractivity contribution in [1.29, 1.82) is 0 Å². The van der Waals surface area contributed by atoms with Crippen molar-refractivity contribution in [1.82, 2.24) is 10.6 Å². The van der Waals surface area contributed by atoms with Gasteiger partial charge >= 0.3 is 0 Å². The highest BCUT2D eigenvalue weighted by atomic mass is 127. The summed E-state index contributed by atoms with van der Waals surface area (Å²) >= 11 is 0. The Morgan fingerprint density at radius 3 is 2.70 bits per heavy atom. The number of nitrogens with zero attached hydrogens (tertiary/aromatic N) is 1. The summed E-state index contributed by atoms with van der Waals surface area (Å²) in [5.74, 6) is 0.254. The first kappa shape index (κ1) is 19.4. The third-order valence-corrected chi connectivity index (χ3v) is 3.25. The second-order valence-electron chi connectivity index (χ2n) is 4.86. The van der Waals surface area contributed by atoms with Crippen LogP contribution in [0.15, 0.2) is 46.0 Å². The molecule has 2 N–H and O–H groups in total. The number of hydrogen-bond acceptors (Lipinski definition) is 2. The Balaban J connectivity index is 0.00000264. The molecule has 126 valence electrons. The Bertz CT molecular complexity index is 632. The van der Waals surface area contributed by atoms with E-state index >= 15 is 0 Å². The third kappa shape index (κ3) is 5.81. The Morgan fingerprint density at radius 2 is 2.09 bits per heavy atom. The lowest BCUT2D eigenvalue weighted by atomic mass is 10.1. The molecule has 0 saturated carbocycles. The molecule has 1 heterocycles. The lowest BCUT2D eigenvalue weighted by Gasteiger charge is -2.18. The smallest absolute Gasteiger partial charge is 0.191 e. The molecule has 0 aliphatic rings. The predicted molar refractivity (Wildman–Crippen MR) is 97.1 cm³/mol. The maximum Gasteiger partial charge on any atom is 0.191 e. The number of furan rings is 1. The van der Waals surface area contributed by atoms with Gasteiger partial charge in [-0.15, -0.1) is 24.0 Å². The molecule has 1 aromatic heterocycles. The maximum absolute atomic E-state index is 13.7. The third-order valence-electron chi connectivity index (χ3n) is 3.25.